The van der Waals surface area contributed by atoms with Crippen molar-refractivity contribution in [2.45, 2.75) is 192 Å². The molecule has 0 spiro atoms. The number of ether oxygens (including phenoxy) is 11. The van der Waals surface area contributed by atoms with E-state index in [0.717, 1.165) is 18.6 Å². The SMILES string of the molecule is CC(=O)N[C@H]1[C@@H](O[C@H]2[C@H](O)[C@@H](O)C(O[C@H]3[C@H](OS(=O)(=O)O)[C@@H](NS(=O)(=O)O)[C@@H](O[C@H]4[C@H](O)[C@@H](OS(=O)(=O)O)[C@H](O[C@H]5[C@H](O)[C@@H](NS(=O)(=O)O)C(O)O[C@@H]5COS(=O)(=O)O)O[C@H]4C(=O)O)O[C@@H]3COS(=O)(=O)O)O[C@@H]2C(=O)O)O[C@H](COS(=O)(=O)O)[C@@H](O[C@@H]2OC(C(=O)O)[C@@H](C)[C@H](O)[C@H]2O)[C@@H]1O. The normalized spacial score (nSPS) is 40.3. The maximum atomic E-state index is 13.1. The largest absolute Gasteiger partial charge is 0.479 e. The highest BCUT2D eigenvalue weighted by Crippen LogP contribution is 2.40. The Morgan fingerprint density at radius 3 is 1.13 bits per heavy atom. The van der Waals surface area contributed by atoms with E-state index in [-0.39, 0.29) is 0 Å². The average Bonchev–Trinajstić information content (AvgIpc) is 0.770. The highest BCUT2D eigenvalue weighted by atomic mass is 32.3. The first kappa shape index (κ1) is 86.1. The fourth-order valence-electron chi connectivity index (χ4n) is 10.6. The molecular weight excluding hydrogens is 1570 g/mol. The fourth-order valence-corrected chi connectivity index (χ4v) is 13.7. The van der Waals surface area contributed by atoms with Gasteiger partial charge in [-0.15, -0.1) is 0 Å². The van der Waals surface area contributed by atoms with Gasteiger partial charge in [0, 0.05) is 12.8 Å². The minimum atomic E-state index is -6.39. The van der Waals surface area contributed by atoms with Gasteiger partial charge in [0.25, 0.3) is 0 Å². The van der Waals surface area contributed by atoms with Gasteiger partial charge in [-0.1, -0.05) is 6.92 Å². The summed E-state index contributed by atoms with van der Waals surface area (Å²) in [7, 11) is -41.4. The molecule has 588 valence electrons. The number of carbonyl (C=O) groups is 4. The molecule has 101 heavy (non-hydrogen) atoms. The molecule has 6 fully saturated rings. The molecule has 3 unspecified atom stereocenters. The summed E-state index contributed by atoms with van der Waals surface area (Å²) in [6, 6.07) is -8.14. The van der Waals surface area contributed by atoms with Gasteiger partial charge in [0.15, 0.2) is 62.2 Å². The number of rotatable bonds is 31. The highest BCUT2D eigenvalue weighted by Gasteiger charge is 2.62. The molecule has 1 amide bonds. The van der Waals surface area contributed by atoms with E-state index in [2.05, 4.69) is 20.9 Å². The minimum absolute atomic E-state index is 0.734. The number of nitrogens with one attached hydrogen (secondary N) is 3. The van der Waals surface area contributed by atoms with Crippen LogP contribution in [0.15, 0.2) is 0 Å². The molecular formula is C39H63N3O52S7. The molecule has 21 N–H and O–H groups in total. The standard InChI is InChI=1S/C39H63N3O52S7/c1-6-14(44)18(48)37(85-21(6)31(51)52)86-23-9(4-80-98(67,68)69)83-35(12(16(23)46)40-7(2)43)89-26-17(47)19(49)38(91-29(26)32(53)54)88-24-10(5-81-99(70,71)72)84-36(13(42-96(61,62)63)25(24)93-100(73,74)75)90-27-20(50)28(94-101(76,77)78)39(92-30(27)33(55)56)87-22-8(3-79-97(64,65)66)82-34(57)11(15(22)45)41-95(58,59)60/h6,8-30,34-39,41-42,44-50,57H,3-5H2,1-2H3,(H,40,43)(H,51,52)(H,53,54)(H,55,56)(H,58,59,60)(H,61,62,63)(H,64,65,66)(H,67,68,69)(H,70,71,72)(H,73,74,75)(H,76,77,78)/t6-,8+,9+,10+,11+,12+,13+,14-,15+,16+,17+,18+,19+,20-,21?,22+,23+,24+,25+,26-,27-,28+,29-,30+,34?,35+,36+,37-,38?,39+/m0/s1. The van der Waals surface area contributed by atoms with E-state index in [1.807, 2.05) is 5.32 Å². The number of hydrogen-bond donors (Lipinski definition) is 21. The molecule has 6 aliphatic rings. The number of hydrogen-bond acceptors (Lipinski definition) is 42. The summed E-state index contributed by atoms with van der Waals surface area (Å²) >= 11 is 0. The van der Waals surface area contributed by atoms with Crippen LogP contribution in [-0.2, 0) is 165 Å². The second-order valence-electron chi connectivity index (χ2n) is 21.8. The quantitative estimate of drug-likeness (QED) is 0.0287. The first-order chi connectivity index (χ1) is 45.9. The Labute approximate surface area is 565 Å². The van der Waals surface area contributed by atoms with E-state index in [1.54, 1.807) is 0 Å². The minimum Gasteiger partial charge on any atom is -0.479 e. The van der Waals surface area contributed by atoms with Crippen LogP contribution in [-0.4, -0.2) is 369 Å². The van der Waals surface area contributed by atoms with Crippen molar-refractivity contribution in [2.75, 3.05) is 19.8 Å². The Balaban J connectivity index is 1.39. The molecule has 0 radical (unpaired) electrons. The van der Waals surface area contributed by atoms with Gasteiger partial charge in [-0.05, 0) is 0 Å². The summed E-state index contributed by atoms with van der Waals surface area (Å²) in [5.74, 6) is -9.25. The van der Waals surface area contributed by atoms with Crippen molar-refractivity contribution in [3.63, 3.8) is 0 Å². The van der Waals surface area contributed by atoms with Crippen LogP contribution in [0.4, 0.5) is 0 Å². The van der Waals surface area contributed by atoms with Gasteiger partial charge >= 0.3 is 90.5 Å². The molecule has 0 aliphatic carbocycles. The van der Waals surface area contributed by atoms with Gasteiger partial charge in [-0.3, -0.25) is 36.7 Å². The van der Waals surface area contributed by atoms with Crippen molar-refractivity contribution in [3.05, 3.63) is 0 Å². The van der Waals surface area contributed by atoms with Crippen LogP contribution in [0.25, 0.3) is 0 Å². The lowest BCUT2D eigenvalue weighted by molar-refractivity contribution is -0.376. The maximum absolute atomic E-state index is 13.1. The molecule has 6 saturated heterocycles. The maximum Gasteiger partial charge on any atom is 0.397 e. The number of carbonyl (C=O) groups excluding carboxylic acids is 1. The second-order valence-corrected chi connectivity index (χ2v) is 29.6. The Morgan fingerprint density at radius 2 is 0.703 bits per heavy atom. The highest BCUT2D eigenvalue weighted by molar-refractivity contribution is 7.84. The van der Waals surface area contributed by atoms with Crippen LogP contribution in [0, 0.1) is 5.92 Å². The molecule has 0 saturated carbocycles. The molecule has 30 atom stereocenters. The molecule has 6 rings (SSSR count). The second kappa shape index (κ2) is 33.1. The van der Waals surface area contributed by atoms with Gasteiger partial charge in [-0.2, -0.15) is 68.4 Å². The molecule has 62 heteroatoms. The Kier molecular flexibility index (Phi) is 28.3. The summed E-state index contributed by atoms with van der Waals surface area (Å²) < 4.78 is 321. The van der Waals surface area contributed by atoms with Crippen molar-refractivity contribution in [1.82, 2.24) is 14.8 Å². The van der Waals surface area contributed by atoms with Crippen molar-refractivity contribution >= 4 is 96.4 Å². The van der Waals surface area contributed by atoms with Crippen molar-refractivity contribution in [3.8, 4) is 0 Å². The van der Waals surface area contributed by atoms with Gasteiger partial charge in [0.05, 0.1) is 25.9 Å². The first-order valence-corrected chi connectivity index (χ1v) is 36.9. The van der Waals surface area contributed by atoms with E-state index >= 15 is 0 Å². The van der Waals surface area contributed by atoms with Crippen LogP contribution in [0.5, 0.6) is 0 Å². The van der Waals surface area contributed by atoms with Crippen molar-refractivity contribution in [2.24, 2.45) is 5.92 Å². The first-order valence-electron chi connectivity index (χ1n) is 27.2. The summed E-state index contributed by atoms with van der Waals surface area (Å²) in [6.45, 7) is -3.38. The van der Waals surface area contributed by atoms with Crippen molar-refractivity contribution in [1.29, 1.82) is 0 Å². The lowest BCUT2D eigenvalue weighted by atomic mass is 9.90. The number of aliphatic hydroxyl groups is 8. The summed E-state index contributed by atoms with van der Waals surface area (Å²) in [6.07, 6.45) is -72.9. The number of carboxylic acids is 3. The third-order valence-electron chi connectivity index (χ3n) is 14.7. The van der Waals surface area contributed by atoms with Gasteiger partial charge in [0.2, 0.25) is 5.91 Å². The molecule has 0 aromatic carbocycles. The number of aliphatic carboxylic acids is 3. The summed E-state index contributed by atoms with van der Waals surface area (Å²) in [5.41, 5.74) is 0. The summed E-state index contributed by atoms with van der Waals surface area (Å²) in [4.78, 5) is 50.8. The van der Waals surface area contributed by atoms with E-state index in [0.29, 0.717) is 0 Å². The molecule has 0 aromatic rings. The van der Waals surface area contributed by atoms with Crippen LogP contribution >= 0.6 is 0 Å². The zero-order valence-corrected chi connectivity index (χ0v) is 55.4. The van der Waals surface area contributed by atoms with Crippen LogP contribution < -0.4 is 14.8 Å². The van der Waals surface area contributed by atoms with E-state index in [4.69, 9.17) is 52.1 Å². The van der Waals surface area contributed by atoms with Crippen molar-refractivity contribution < 1.29 is 239 Å². The van der Waals surface area contributed by atoms with Gasteiger partial charge < -0.3 is 114 Å². The molecule has 55 nitrogen and oxygen atoms in total. The third-order valence-corrected chi connectivity index (χ3v) is 18.1. The monoisotopic (exact) mass is 1630 g/mol. The van der Waals surface area contributed by atoms with Gasteiger partial charge in [0.1, 0.15) is 110 Å². The molecule has 6 aliphatic heterocycles. The van der Waals surface area contributed by atoms with Crippen LogP contribution in [0.1, 0.15) is 13.8 Å². The van der Waals surface area contributed by atoms with E-state index < -0.39 is 300 Å². The lowest BCUT2D eigenvalue weighted by Crippen LogP contribution is -2.71. The number of carboxylic acid groups (broad SMARTS) is 3. The predicted molar refractivity (Wildman–Crippen MR) is 293 cm³/mol. The Bertz CT molecular complexity index is 3760. The Morgan fingerprint density at radius 1 is 0.356 bits per heavy atom. The van der Waals surface area contributed by atoms with E-state index in [1.165, 1.54) is 4.72 Å². The fraction of sp³-hybridized carbons (Fsp3) is 0.897. The zero-order chi connectivity index (χ0) is 76.7. The smallest absolute Gasteiger partial charge is 0.397 e. The number of aliphatic hydroxyl groups excluding tert-OH is 8. The molecule has 0 aromatic heterocycles. The lowest BCUT2D eigenvalue weighted by Gasteiger charge is -2.50. The van der Waals surface area contributed by atoms with Gasteiger partial charge in [-0.25, -0.2) is 35.3 Å². The zero-order valence-electron chi connectivity index (χ0n) is 49.7. The Hall–Kier alpha value is -3.79. The predicted octanol–water partition coefficient (Wildman–Crippen LogP) is -14.5. The summed E-state index contributed by atoms with van der Waals surface area (Å²) in [5, 5.41) is 123. The van der Waals surface area contributed by atoms with E-state index in [9.17, 15) is 166 Å². The topological polar surface area (TPSA) is 855 Å². The van der Waals surface area contributed by atoms with Crippen LogP contribution in [0.3, 0.4) is 0 Å². The third kappa shape index (κ3) is 23.6. The number of amides is 1. The van der Waals surface area contributed by atoms with Crippen LogP contribution in [0.2, 0.25) is 0 Å². The molecule has 6 heterocycles. The average molecular weight is 1630 g/mol. The molecule has 0 bridgehead atoms.